The molecule has 2 aromatic rings. The van der Waals surface area contributed by atoms with Crippen molar-refractivity contribution in [2.75, 3.05) is 31.1 Å². The number of rotatable bonds is 4. The smallest absolute Gasteiger partial charge is 0.292 e. The van der Waals surface area contributed by atoms with E-state index < -0.39 is 16.1 Å². The molecule has 2 saturated heterocycles. The molecule has 2 fully saturated rings. The number of benzene rings is 2. The second-order valence-corrected chi connectivity index (χ2v) is 10.5. The maximum Gasteiger partial charge on any atom is 0.292 e. The molecule has 2 heterocycles. The van der Waals surface area contributed by atoms with E-state index in [1.54, 1.807) is 12.1 Å². The Morgan fingerprint density at radius 2 is 1.65 bits per heavy atom. The summed E-state index contributed by atoms with van der Waals surface area (Å²) in [6.45, 7) is 5.34. The second kappa shape index (κ2) is 8.35. The number of piperazine rings is 1. The van der Waals surface area contributed by atoms with Gasteiger partial charge in [-0.15, -0.1) is 0 Å². The molecule has 9 heteroatoms. The number of hydrogen-bond donors (Lipinski definition) is 1. The quantitative estimate of drug-likeness (QED) is 0.692. The Bertz CT molecular complexity index is 1130. The largest absolute Gasteiger partial charge is 0.322 e. The summed E-state index contributed by atoms with van der Waals surface area (Å²) < 4.78 is 27.2. The lowest BCUT2D eigenvalue weighted by Gasteiger charge is -2.33. The van der Waals surface area contributed by atoms with Crippen LogP contribution < -0.4 is 9.80 Å². The van der Waals surface area contributed by atoms with Crippen molar-refractivity contribution in [2.24, 2.45) is 0 Å². The zero-order valence-corrected chi connectivity index (χ0v) is 19.0. The first-order chi connectivity index (χ1) is 14.7. The number of nitrogens with zero attached hydrogens (tertiary/aromatic N) is 2. The van der Waals surface area contributed by atoms with Crippen molar-refractivity contribution in [3.05, 3.63) is 58.6 Å². The molecule has 1 N–H and O–H groups in total. The summed E-state index contributed by atoms with van der Waals surface area (Å²) in [5.41, 5.74) is 2.50. The van der Waals surface area contributed by atoms with Crippen LogP contribution in [0.1, 0.15) is 17.5 Å². The Morgan fingerprint density at radius 1 is 1.00 bits per heavy atom. The normalized spacial score (nSPS) is 21.1. The van der Waals surface area contributed by atoms with E-state index in [-0.39, 0.29) is 23.1 Å². The maximum atomic E-state index is 13.2. The second-order valence-electron chi connectivity index (χ2n) is 8.13. The van der Waals surface area contributed by atoms with E-state index in [0.717, 1.165) is 16.0 Å². The lowest BCUT2D eigenvalue weighted by Crippen LogP contribution is -3.19. The van der Waals surface area contributed by atoms with Crippen LogP contribution in [0.5, 0.6) is 0 Å². The van der Waals surface area contributed by atoms with Crippen molar-refractivity contribution in [1.82, 2.24) is 4.31 Å². The third-order valence-electron chi connectivity index (χ3n) is 6.06. The van der Waals surface area contributed by atoms with Gasteiger partial charge in [0, 0.05) is 5.02 Å². The van der Waals surface area contributed by atoms with Crippen molar-refractivity contribution in [3.8, 4) is 0 Å². The van der Waals surface area contributed by atoms with Gasteiger partial charge in [0.1, 0.15) is 0 Å². The molecular formula is C22H25ClN3O4S+. The van der Waals surface area contributed by atoms with Crippen molar-refractivity contribution in [1.29, 1.82) is 0 Å². The summed E-state index contributed by atoms with van der Waals surface area (Å²) in [5, 5.41) is 0.478. The monoisotopic (exact) mass is 462 g/mol. The van der Waals surface area contributed by atoms with Crippen molar-refractivity contribution < 1.29 is 22.9 Å². The van der Waals surface area contributed by atoms with Gasteiger partial charge in [-0.1, -0.05) is 23.7 Å². The predicted octanol–water partition coefficient (Wildman–Crippen LogP) is 1.18. The molecule has 4 rings (SSSR count). The third-order valence-corrected chi connectivity index (χ3v) is 8.23. The van der Waals surface area contributed by atoms with Crippen LogP contribution in [0.15, 0.2) is 47.4 Å². The molecular weight excluding hydrogens is 438 g/mol. The van der Waals surface area contributed by atoms with E-state index in [2.05, 4.69) is 0 Å². The zero-order valence-electron chi connectivity index (χ0n) is 17.5. The molecule has 0 saturated carbocycles. The minimum Gasteiger partial charge on any atom is -0.322 e. The summed E-state index contributed by atoms with van der Waals surface area (Å²) in [4.78, 5) is 28.3. The average Bonchev–Trinajstić information content (AvgIpc) is 3.04. The first-order valence-corrected chi connectivity index (χ1v) is 12.0. The van der Waals surface area contributed by atoms with Crippen LogP contribution >= 0.6 is 11.6 Å². The molecule has 2 aliphatic heterocycles. The van der Waals surface area contributed by atoms with Crippen LogP contribution in [0.4, 0.5) is 5.69 Å². The standard InChI is InChI=1S/C22H24ClN3O4S/c1-15-3-4-16(2)19(13-15)26-21(27)14-20(22(26)28)24-9-11-25(12-10-24)31(29,30)18-7-5-17(23)6-8-18/h3-8,13,20H,9-12,14H2,1-2H3/p+1/t20-/m0/s1. The number of halogens is 1. The highest BCUT2D eigenvalue weighted by atomic mass is 35.5. The van der Waals surface area contributed by atoms with E-state index >= 15 is 0 Å². The molecule has 7 nitrogen and oxygen atoms in total. The summed E-state index contributed by atoms with van der Waals surface area (Å²) in [7, 11) is -3.62. The first-order valence-electron chi connectivity index (χ1n) is 10.2. The SMILES string of the molecule is Cc1ccc(C)c(N2C(=O)C[C@H]([NH+]3CCN(S(=O)(=O)c4ccc(Cl)cc4)CC3)C2=O)c1. The molecule has 0 bridgehead atoms. The topological polar surface area (TPSA) is 79.2 Å². The number of imide groups is 1. The van der Waals surface area contributed by atoms with Gasteiger partial charge in [0.2, 0.25) is 15.9 Å². The molecule has 0 unspecified atom stereocenters. The summed E-state index contributed by atoms with van der Waals surface area (Å²) in [6, 6.07) is 11.4. The van der Waals surface area contributed by atoms with Gasteiger partial charge in [-0.3, -0.25) is 9.59 Å². The van der Waals surface area contributed by atoms with Crippen LogP contribution in [0.25, 0.3) is 0 Å². The van der Waals surface area contributed by atoms with Crippen LogP contribution in [0.2, 0.25) is 5.02 Å². The van der Waals surface area contributed by atoms with Crippen LogP contribution in [-0.2, 0) is 19.6 Å². The highest BCUT2D eigenvalue weighted by Gasteiger charge is 2.47. The Morgan fingerprint density at radius 3 is 2.29 bits per heavy atom. The van der Waals surface area contributed by atoms with E-state index in [0.29, 0.717) is 36.9 Å². The van der Waals surface area contributed by atoms with Crippen LogP contribution in [-0.4, -0.2) is 56.8 Å². The minimum absolute atomic E-state index is 0.144. The first kappa shape index (κ1) is 22.0. The van der Waals surface area contributed by atoms with Gasteiger partial charge in [-0.05, 0) is 55.3 Å². The number of hydrogen-bond acceptors (Lipinski definition) is 4. The number of amides is 2. The van der Waals surface area contributed by atoms with Gasteiger partial charge in [-0.2, -0.15) is 4.31 Å². The molecule has 31 heavy (non-hydrogen) atoms. The molecule has 0 aliphatic carbocycles. The van der Waals surface area contributed by atoms with E-state index in [4.69, 9.17) is 11.6 Å². The molecule has 1 atom stereocenters. The highest BCUT2D eigenvalue weighted by molar-refractivity contribution is 7.89. The third kappa shape index (κ3) is 4.13. The van der Waals surface area contributed by atoms with Crippen molar-refractivity contribution >= 4 is 39.1 Å². The van der Waals surface area contributed by atoms with Gasteiger partial charge < -0.3 is 4.90 Å². The summed E-state index contributed by atoms with van der Waals surface area (Å²) in [6.07, 6.45) is 0.144. The van der Waals surface area contributed by atoms with Gasteiger partial charge in [0.05, 0.1) is 43.2 Å². The predicted molar refractivity (Wildman–Crippen MR) is 118 cm³/mol. The number of carbonyl (C=O) groups excluding carboxylic acids is 2. The van der Waals surface area contributed by atoms with E-state index in [9.17, 15) is 18.0 Å². The fourth-order valence-electron chi connectivity index (χ4n) is 4.28. The Labute approximate surface area is 187 Å². The number of aryl methyl sites for hydroxylation is 2. The van der Waals surface area contributed by atoms with Crippen molar-refractivity contribution in [3.63, 3.8) is 0 Å². The lowest BCUT2D eigenvalue weighted by molar-refractivity contribution is -0.918. The van der Waals surface area contributed by atoms with E-state index in [1.165, 1.54) is 21.3 Å². The van der Waals surface area contributed by atoms with Gasteiger partial charge in [0.25, 0.3) is 5.91 Å². The number of sulfonamides is 1. The average molecular weight is 463 g/mol. The highest BCUT2D eigenvalue weighted by Crippen LogP contribution is 2.27. The number of nitrogens with one attached hydrogen (secondary N) is 1. The maximum absolute atomic E-state index is 13.2. The molecule has 0 aromatic heterocycles. The van der Waals surface area contributed by atoms with Gasteiger partial charge in [0.15, 0.2) is 6.04 Å². The summed E-state index contributed by atoms with van der Waals surface area (Å²) >= 11 is 5.86. The molecule has 2 aliphatic rings. The molecule has 0 radical (unpaired) electrons. The Balaban J connectivity index is 1.47. The number of quaternary nitrogens is 1. The van der Waals surface area contributed by atoms with Gasteiger partial charge in [-0.25, -0.2) is 13.3 Å². The molecule has 2 aromatic carbocycles. The molecule has 0 spiro atoms. The summed E-state index contributed by atoms with van der Waals surface area (Å²) in [5.74, 6) is -0.407. The fourth-order valence-corrected chi connectivity index (χ4v) is 5.85. The van der Waals surface area contributed by atoms with Gasteiger partial charge >= 0.3 is 0 Å². The Hall–Kier alpha value is -2.26. The number of carbonyl (C=O) groups is 2. The van der Waals surface area contributed by atoms with Crippen molar-refractivity contribution in [2.45, 2.75) is 31.2 Å². The zero-order chi connectivity index (χ0) is 22.3. The molecule has 2 amide bonds. The van der Waals surface area contributed by atoms with E-state index in [1.807, 2.05) is 32.0 Å². The van der Waals surface area contributed by atoms with Crippen LogP contribution in [0, 0.1) is 13.8 Å². The fraction of sp³-hybridized carbons (Fsp3) is 0.364. The number of anilines is 1. The molecule has 164 valence electrons. The lowest BCUT2D eigenvalue weighted by atomic mass is 10.1. The van der Waals surface area contributed by atoms with Crippen LogP contribution in [0.3, 0.4) is 0 Å². The minimum atomic E-state index is -3.62. The Kier molecular flexibility index (Phi) is 5.91.